The van der Waals surface area contributed by atoms with Crippen molar-refractivity contribution < 1.29 is 9.47 Å². The minimum Gasteiger partial charge on any atom is -0.345 e. The van der Waals surface area contributed by atoms with Crippen molar-refractivity contribution in [3.8, 4) is 0 Å². The number of allylic oxidation sites excluding steroid dienone is 3. The Morgan fingerprint density at radius 3 is 2.38 bits per heavy atom. The Hall–Kier alpha value is -0.860. The van der Waals surface area contributed by atoms with E-state index in [0.29, 0.717) is 13.2 Å². The molecule has 1 rings (SSSR count). The van der Waals surface area contributed by atoms with Gasteiger partial charge in [0, 0.05) is 0 Å². The summed E-state index contributed by atoms with van der Waals surface area (Å²) in [5.41, 5.74) is 2.70. The predicted molar refractivity (Wildman–Crippen MR) is 67.3 cm³/mol. The Morgan fingerprint density at radius 1 is 1.19 bits per heavy atom. The fraction of sp³-hybridized carbons (Fsp3) is 0.571. The van der Waals surface area contributed by atoms with Crippen LogP contribution in [0.15, 0.2) is 35.5 Å². The van der Waals surface area contributed by atoms with Crippen LogP contribution in [0.25, 0.3) is 0 Å². The van der Waals surface area contributed by atoms with Gasteiger partial charge in [-0.15, -0.1) is 0 Å². The summed E-state index contributed by atoms with van der Waals surface area (Å²) in [7, 11) is 0. The first-order valence-electron chi connectivity index (χ1n) is 5.87. The summed E-state index contributed by atoms with van der Waals surface area (Å²) in [5.74, 6) is 0. The molecule has 0 aromatic heterocycles. The second kappa shape index (κ2) is 7.42. The minimum atomic E-state index is -0.179. The molecule has 0 atom stereocenters. The highest BCUT2D eigenvalue weighted by atomic mass is 16.7. The zero-order valence-corrected chi connectivity index (χ0v) is 10.5. The van der Waals surface area contributed by atoms with Gasteiger partial charge < -0.3 is 9.47 Å². The van der Waals surface area contributed by atoms with E-state index < -0.39 is 0 Å². The van der Waals surface area contributed by atoms with Gasteiger partial charge in [0.1, 0.15) is 0 Å². The lowest BCUT2D eigenvalue weighted by molar-refractivity contribution is -0.0883. The first kappa shape index (κ1) is 13.2. The van der Waals surface area contributed by atoms with Crippen LogP contribution in [0.3, 0.4) is 0 Å². The largest absolute Gasteiger partial charge is 0.345 e. The monoisotopic (exact) mass is 222 g/mol. The highest BCUT2D eigenvalue weighted by molar-refractivity contribution is 5.04. The van der Waals surface area contributed by atoms with Crippen LogP contribution in [0.2, 0.25) is 0 Å². The van der Waals surface area contributed by atoms with Crippen LogP contribution in [-0.4, -0.2) is 19.5 Å². The molecule has 0 saturated heterocycles. The lowest BCUT2D eigenvalue weighted by atomic mass is 10.1. The standard InChI is InChI=1S/C14H22O2/c1-12(2)7-6-8-13(3)11-14-15-9-4-5-10-16-14/h4-5,7,11,14H,6,8-10H2,1-3H3. The van der Waals surface area contributed by atoms with Gasteiger partial charge in [0.25, 0.3) is 0 Å². The summed E-state index contributed by atoms with van der Waals surface area (Å²) < 4.78 is 11.0. The lowest BCUT2D eigenvalue weighted by Crippen LogP contribution is -2.13. The van der Waals surface area contributed by atoms with Gasteiger partial charge >= 0.3 is 0 Å². The molecule has 1 aliphatic rings. The lowest BCUT2D eigenvalue weighted by Gasteiger charge is -2.12. The Kier molecular flexibility index (Phi) is 6.12. The van der Waals surface area contributed by atoms with E-state index in [0.717, 1.165) is 12.8 Å². The van der Waals surface area contributed by atoms with Crippen molar-refractivity contribution in [2.75, 3.05) is 13.2 Å². The second-order valence-corrected chi connectivity index (χ2v) is 4.34. The van der Waals surface area contributed by atoms with Crippen LogP contribution in [0, 0.1) is 0 Å². The molecule has 0 aromatic carbocycles. The molecule has 0 amide bonds. The molecule has 0 aliphatic carbocycles. The zero-order chi connectivity index (χ0) is 11.8. The summed E-state index contributed by atoms with van der Waals surface area (Å²) >= 11 is 0. The number of hydrogen-bond acceptors (Lipinski definition) is 2. The smallest absolute Gasteiger partial charge is 0.177 e. The van der Waals surface area contributed by atoms with Crippen LogP contribution < -0.4 is 0 Å². The predicted octanol–water partition coefficient (Wildman–Crippen LogP) is 3.61. The average molecular weight is 222 g/mol. The third-order valence-corrected chi connectivity index (χ3v) is 2.39. The normalized spacial score (nSPS) is 18.3. The van der Waals surface area contributed by atoms with Crippen molar-refractivity contribution in [1.29, 1.82) is 0 Å². The Balaban J connectivity index is 2.34. The van der Waals surface area contributed by atoms with Gasteiger partial charge in [0.2, 0.25) is 0 Å². The summed E-state index contributed by atoms with van der Waals surface area (Å²) in [5, 5.41) is 0. The first-order valence-corrected chi connectivity index (χ1v) is 5.87. The molecule has 0 spiro atoms. The fourth-order valence-electron chi connectivity index (χ4n) is 1.49. The van der Waals surface area contributed by atoms with Gasteiger partial charge in [-0.2, -0.15) is 0 Å². The van der Waals surface area contributed by atoms with E-state index in [2.05, 4.69) is 32.9 Å². The molecule has 0 N–H and O–H groups in total. The van der Waals surface area contributed by atoms with Gasteiger partial charge in [-0.25, -0.2) is 0 Å². The van der Waals surface area contributed by atoms with Gasteiger partial charge in [-0.1, -0.05) is 29.4 Å². The Labute approximate surface area is 98.6 Å². The maximum Gasteiger partial charge on any atom is 0.177 e. The van der Waals surface area contributed by atoms with Gasteiger partial charge in [0.05, 0.1) is 13.2 Å². The maximum atomic E-state index is 5.50. The summed E-state index contributed by atoms with van der Waals surface area (Å²) in [6.45, 7) is 7.67. The molecule has 90 valence electrons. The quantitative estimate of drug-likeness (QED) is 0.676. The van der Waals surface area contributed by atoms with E-state index in [4.69, 9.17) is 9.47 Å². The highest BCUT2D eigenvalue weighted by Crippen LogP contribution is 2.11. The summed E-state index contributed by atoms with van der Waals surface area (Å²) in [6.07, 6.45) is 10.3. The molecule has 1 aliphatic heterocycles. The van der Waals surface area contributed by atoms with E-state index in [1.165, 1.54) is 11.1 Å². The van der Waals surface area contributed by atoms with Gasteiger partial charge in [0.15, 0.2) is 6.29 Å². The molecule has 0 fully saturated rings. The first-order chi connectivity index (χ1) is 7.68. The number of ether oxygens (including phenoxy) is 2. The molecule has 0 saturated carbocycles. The molecule has 16 heavy (non-hydrogen) atoms. The van der Waals surface area contributed by atoms with Crippen LogP contribution in [-0.2, 0) is 9.47 Å². The van der Waals surface area contributed by atoms with E-state index in [9.17, 15) is 0 Å². The van der Waals surface area contributed by atoms with Gasteiger partial charge in [-0.05, 0) is 39.7 Å². The van der Waals surface area contributed by atoms with E-state index in [-0.39, 0.29) is 6.29 Å². The topological polar surface area (TPSA) is 18.5 Å². The van der Waals surface area contributed by atoms with Crippen molar-refractivity contribution >= 4 is 0 Å². The Bertz CT molecular complexity index is 273. The zero-order valence-electron chi connectivity index (χ0n) is 10.5. The molecule has 1 heterocycles. The average Bonchev–Trinajstić information content (AvgIpc) is 2.45. The SMILES string of the molecule is CC(C)=CCCC(C)=CC1OCC=CCO1. The molecular formula is C14H22O2. The summed E-state index contributed by atoms with van der Waals surface area (Å²) in [4.78, 5) is 0. The van der Waals surface area contributed by atoms with Crippen molar-refractivity contribution in [2.45, 2.75) is 39.9 Å². The number of rotatable bonds is 4. The fourth-order valence-corrected chi connectivity index (χ4v) is 1.49. The molecule has 2 heteroatoms. The van der Waals surface area contributed by atoms with E-state index in [1.807, 2.05) is 12.2 Å². The van der Waals surface area contributed by atoms with Crippen molar-refractivity contribution in [2.24, 2.45) is 0 Å². The van der Waals surface area contributed by atoms with Crippen molar-refractivity contribution in [3.63, 3.8) is 0 Å². The minimum absolute atomic E-state index is 0.179. The third kappa shape index (κ3) is 5.89. The molecule has 0 unspecified atom stereocenters. The highest BCUT2D eigenvalue weighted by Gasteiger charge is 2.06. The van der Waals surface area contributed by atoms with E-state index >= 15 is 0 Å². The van der Waals surface area contributed by atoms with E-state index in [1.54, 1.807) is 0 Å². The summed E-state index contributed by atoms with van der Waals surface area (Å²) in [6, 6.07) is 0. The van der Waals surface area contributed by atoms with Crippen LogP contribution in [0.4, 0.5) is 0 Å². The number of hydrogen-bond donors (Lipinski definition) is 0. The molecule has 0 radical (unpaired) electrons. The Morgan fingerprint density at radius 2 is 1.81 bits per heavy atom. The molecule has 0 bridgehead atoms. The molecule has 2 nitrogen and oxygen atoms in total. The van der Waals surface area contributed by atoms with Crippen molar-refractivity contribution in [3.05, 3.63) is 35.5 Å². The molecule has 0 aromatic rings. The molecular weight excluding hydrogens is 200 g/mol. The van der Waals surface area contributed by atoms with Gasteiger partial charge in [-0.3, -0.25) is 0 Å². The van der Waals surface area contributed by atoms with Crippen LogP contribution in [0.5, 0.6) is 0 Å². The van der Waals surface area contributed by atoms with Crippen LogP contribution in [0.1, 0.15) is 33.6 Å². The third-order valence-electron chi connectivity index (χ3n) is 2.39. The second-order valence-electron chi connectivity index (χ2n) is 4.34. The van der Waals surface area contributed by atoms with Crippen molar-refractivity contribution in [1.82, 2.24) is 0 Å². The van der Waals surface area contributed by atoms with Crippen LogP contribution >= 0.6 is 0 Å². The maximum absolute atomic E-state index is 5.50.